The Balaban J connectivity index is 1.74. The van der Waals surface area contributed by atoms with Crippen LogP contribution in [0.4, 0.5) is 0 Å². The third-order valence-electron chi connectivity index (χ3n) is 4.77. The van der Waals surface area contributed by atoms with Gasteiger partial charge in [0, 0.05) is 26.2 Å². The summed E-state index contributed by atoms with van der Waals surface area (Å²) in [5, 5.41) is 3.81. The van der Waals surface area contributed by atoms with Crippen molar-refractivity contribution in [3.05, 3.63) is 40.8 Å². The van der Waals surface area contributed by atoms with Gasteiger partial charge in [-0.3, -0.25) is 4.79 Å². The van der Waals surface area contributed by atoms with Gasteiger partial charge in [-0.25, -0.2) is 8.42 Å². The molecule has 9 heteroatoms. The lowest BCUT2D eigenvalue weighted by molar-refractivity contribution is 0.0695. The van der Waals surface area contributed by atoms with Gasteiger partial charge < -0.3 is 14.2 Å². The topological polar surface area (TPSA) is 93.0 Å². The maximum absolute atomic E-state index is 13.0. The fourth-order valence-electron chi connectivity index (χ4n) is 3.26. The largest absolute Gasteiger partial charge is 0.497 e. The van der Waals surface area contributed by atoms with Crippen LogP contribution in [0.1, 0.15) is 27.4 Å². The van der Waals surface area contributed by atoms with E-state index in [0.29, 0.717) is 41.4 Å². The monoisotopic (exact) mass is 393 g/mol. The molecule has 8 nitrogen and oxygen atoms in total. The molecule has 1 saturated heterocycles. The second-order valence-electron chi connectivity index (χ2n) is 6.53. The number of amides is 1. The average Bonchev–Trinajstić information content (AvgIpc) is 2.99. The summed E-state index contributed by atoms with van der Waals surface area (Å²) in [6.45, 7) is 6.27. The number of hydrogen-bond acceptors (Lipinski definition) is 6. The van der Waals surface area contributed by atoms with E-state index in [1.165, 1.54) is 11.4 Å². The zero-order chi connectivity index (χ0) is 19.8. The van der Waals surface area contributed by atoms with E-state index in [9.17, 15) is 13.2 Å². The number of nitrogens with zero attached hydrogens (tertiary/aromatic N) is 3. The number of aromatic nitrogens is 1. The molecule has 1 aliphatic rings. The Bertz CT molecular complexity index is 940. The fourth-order valence-corrected chi connectivity index (χ4v) is 4.88. The van der Waals surface area contributed by atoms with E-state index in [2.05, 4.69) is 5.16 Å². The molecule has 0 bridgehead atoms. The summed E-state index contributed by atoms with van der Waals surface area (Å²) in [5.41, 5.74) is 1.63. The molecule has 27 heavy (non-hydrogen) atoms. The van der Waals surface area contributed by atoms with Crippen LogP contribution >= 0.6 is 0 Å². The summed E-state index contributed by atoms with van der Waals surface area (Å²) < 4.78 is 37.6. The van der Waals surface area contributed by atoms with Crippen LogP contribution in [0.25, 0.3) is 0 Å². The van der Waals surface area contributed by atoms with Gasteiger partial charge in [0.05, 0.1) is 17.7 Å². The van der Waals surface area contributed by atoms with Crippen LogP contribution in [0.2, 0.25) is 0 Å². The predicted octanol–water partition coefficient (Wildman–Crippen LogP) is 1.76. The number of sulfonamides is 1. The predicted molar refractivity (Wildman–Crippen MR) is 98.4 cm³/mol. The van der Waals surface area contributed by atoms with Gasteiger partial charge >= 0.3 is 0 Å². The third-order valence-corrected chi connectivity index (χ3v) is 6.83. The first kappa shape index (κ1) is 19.4. The summed E-state index contributed by atoms with van der Waals surface area (Å²) in [6, 6.07) is 4.89. The van der Waals surface area contributed by atoms with E-state index < -0.39 is 10.0 Å². The standard InChI is InChI=1S/C18H23N3O5S/c1-12-11-15(25-4)5-6-16(12)27(23,24)21-9-7-20(8-10-21)18(22)17-13(2)19-26-14(17)3/h5-6,11H,7-10H2,1-4H3. The third kappa shape index (κ3) is 3.57. The highest BCUT2D eigenvalue weighted by Crippen LogP contribution is 2.25. The molecule has 0 N–H and O–H groups in total. The smallest absolute Gasteiger partial charge is 0.259 e. The minimum atomic E-state index is -3.63. The Morgan fingerprint density at radius 2 is 1.81 bits per heavy atom. The highest BCUT2D eigenvalue weighted by atomic mass is 32.2. The van der Waals surface area contributed by atoms with Crippen molar-refractivity contribution in [1.82, 2.24) is 14.4 Å². The molecule has 0 radical (unpaired) electrons. The number of methoxy groups -OCH3 is 1. The molecule has 0 saturated carbocycles. The molecule has 1 aromatic carbocycles. The fraction of sp³-hybridized carbons (Fsp3) is 0.444. The molecule has 1 aliphatic heterocycles. The quantitative estimate of drug-likeness (QED) is 0.786. The van der Waals surface area contributed by atoms with E-state index in [1.807, 2.05) is 0 Å². The molecule has 3 rings (SSSR count). The highest BCUT2D eigenvalue weighted by molar-refractivity contribution is 7.89. The van der Waals surface area contributed by atoms with Crippen molar-refractivity contribution in [3.8, 4) is 5.75 Å². The molecule has 0 aliphatic carbocycles. The molecule has 0 unspecified atom stereocenters. The van der Waals surface area contributed by atoms with Crippen molar-refractivity contribution in [2.75, 3.05) is 33.3 Å². The van der Waals surface area contributed by atoms with Crippen LogP contribution in [0, 0.1) is 20.8 Å². The van der Waals surface area contributed by atoms with Gasteiger partial charge in [0.1, 0.15) is 17.1 Å². The van der Waals surface area contributed by atoms with Gasteiger partial charge in [0.15, 0.2) is 0 Å². The zero-order valence-corrected chi connectivity index (χ0v) is 16.7. The molecule has 2 aromatic rings. The minimum absolute atomic E-state index is 0.177. The van der Waals surface area contributed by atoms with Crippen molar-refractivity contribution in [1.29, 1.82) is 0 Å². The van der Waals surface area contributed by atoms with E-state index in [-0.39, 0.29) is 23.9 Å². The first-order chi connectivity index (χ1) is 12.8. The summed E-state index contributed by atoms with van der Waals surface area (Å²) in [7, 11) is -2.09. The van der Waals surface area contributed by atoms with Crippen LogP contribution in [0.3, 0.4) is 0 Å². The maximum Gasteiger partial charge on any atom is 0.259 e. The summed E-state index contributed by atoms with van der Waals surface area (Å²) >= 11 is 0. The summed E-state index contributed by atoms with van der Waals surface area (Å²) in [6.07, 6.45) is 0. The lowest BCUT2D eigenvalue weighted by Gasteiger charge is -2.34. The Labute approximate surface area is 158 Å². The molecule has 2 heterocycles. The Morgan fingerprint density at radius 3 is 2.33 bits per heavy atom. The van der Waals surface area contributed by atoms with E-state index in [1.54, 1.807) is 43.9 Å². The molecular weight excluding hydrogens is 370 g/mol. The van der Waals surface area contributed by atoms with Crippen LogP contribution in [-0.2, 0) is 10.0 Å². The Kier molecular flexibility index (Phi) is 5.25. The van der Waals surface area contributed by atoms with Crippen molar-refractivity contribution in [2.45, 2.75) is 25.7 Å². The number of hydrogen-bond donors (Lipinski definition) is 0. The number of carbonyl (C=O) groups is 1. The molecule has 146 valence electrons. The first-order valence-electron chi connectivity index (χ1n) is 8.62. The van der Waals surface area contributed by atoms with Gasteiger partial charge in [-0.2, -0.15) is 4.31 Å². The van der Waals surface area contributed by atoms with Crippen molar-refractivity contribution in [3.63, 3.8) is 0 Å². The van der Waals surface area contributed by atoms with Crippen LogP contribution in [0.15, 0.2) is 27.6 Å². The highest BCUT2D eigenvalue weighted by Gasteiger charge is 2.32. The Hall–Kier alpha value is -2.39. The van der Waals surface area contributed by atoms with E-state index in [0.717, 1.165) is 0 Å². The molecule has 0 spiro atoms. The van der Waals surface area contributed by atoms with Crippen molar-refractivity contribution >= 4 is 15.9 Å². The van der Waals surface area contributed by atoms with Crippen molar-refractivity contribution < 1.29 is 22.5 Å². The lowest BCUT2D eigenvalue weighted by atomic mass is 10.1. The van der Waals surface area contributed by atoms with Gasteiger partial charge in [0.25, 0.3) is 5.91 Å². The molecular formula is C18H23N3O5S. The first-order valence-corrected chi connectivity index (χ1v) is 10.1. The summed E-state index contributed by atoms with van der Waals surface area (Å²) in [5.74, 6) is 0.909. The van der Waals surface area contributed by atoms with Crippen molar-refractivity contribution in [2.24, 2.45) is 0 Å². The molecule has 1 amide bonds. The van der Waals surface area contributed by atoms with Gasteiger partial charge in [-0.15, -0.1) is 0 Å². The van der Waals surface area contributed by atoms with Gasteiger partial charge in [-0.1, -0.05) is 5.16 Å². The number of benzene rings is 1. The normalized spacial score (nSPS) is 15.8. The Morgan fingerprint density at radius 1 is 1.15 bits per heavy atom. The maximum atomic E-state index is 13.0. The van der Waals surface area contributed by atoms with E-state index in [4.69, 9.17) is 9.26 Å². The number of ether oxygens (including phenoxy) is 1. The summed E-state index contributed by atoms with van der Waals surface area (Å²) in [4.78, 5) is 14.6. The molecule has 1 fully saturated rings. The van der Waals surface area contributed by atoms with Crippen LogP contribution in [0.5, 0.6) is 5.75 Å². The number of rotatable bonds is 4. The number of carbonyl (C=O) groups excluding carboxylic acids is 1. The molecule has 0 atom stereocenters. The lowest BCUT2D eigenvalue weighted by Crippen LogP contribution is -2.50. The van der Waals surface area contributed by atoms with Crippen LogP contribution < -0.4 is 4.74 Å². The average molecular weight is 393 g/mol. The second-order valence-corrected chi connectivity index (χ2v) is 8.43. The van der Waals surface area contributed by atoms with Crippen LogP contribution in [-0.4, -0.2) is 62.0 Å². The van der Waals surface area contributed by atoms with E-state index >= 15 is 0 Å². The molecule has 1 aromatic heterocycles. The second kappa shape index (κ2) is 7.32. The SMILES string of the molecule is COc1ccc(S(=O)(=O)N2CCN(C(=O)c3c(C)noc3C)CC2)c(C)c1. The van der Waals surface area contributed by atoms with Gasteiger partial charge in [-0.05, 0) is 44.5 Å². The van der Waals surface area contributed by atoms with Gasteiger partial charge in [0.2, 0.25) is 10.0 Å². The number of piperazine rings is 1. The minimum Gasteiger partial charge on any atom is -0.497 e. The zero-order valence-electron chi connectivity index (χ0n) is 15.9. The number of aryl methyl sites for hydroxylation is 3.